The van der Waals surface area contributed by atoms with E-state index < -0.39 is 12.1 Å². The van der Waals surface area contributed by atoms with Crippen LogP contribution in [0.15, 0.2) is 24.3 Å². The van der Waals surface area contributed by atoms with Gasteiger partial charge in [-0.15, -0.1) is 0 Å². The van der Waals surface area contributed by atoms with E-state index in [1.54, 1.807) is 24.3 Å². The molecule has 0 radical (unpaired) electrons. The van der Waals surface area contributed by atoms with Crippen LogP contribution in [-0.2, 0) is 9.59 Å². The van der Waals surface area contributed by atoms with Crippen molar-refractivity contribution in [2.75, 3.05) is 6.54 Å². The molecule has 2 amide bonds. The van der Waals surface area contributed by atoms with Gasteiger partial charge in [-0.3, -0.25) is 14.9 Å². The molecule has 1 heterocycles. The zero-order valence-corrected chi connectivity index (χ0v) is 11.0. The highest BCUT2D eigenvalue weighted by molar-refractivity contribution is 6.30. The summed E-state index contributed by atoms with van der Waals surface area (Å²) in [6.07, 6.45) is 0.0565. The first kappa shape index (κ1) is 14.0. The van der Waals surface area contributed by atoms with Crippen LogP contribution in [0.3, 0.4) is 0 Å². The Bertz CT molecular complexity index is 475. The minimum atomic E-state index is -0.720. The molecule has 0 saturated carbocycles. The van der Waals surface area contributed by atoms with E-state index >= 15 is 0 Å². The van der Waals surface area contributed by atoms with Crippen molar-refractivity contribution in [3.8, 4) is 0 Å². The lowest BCUT2D eigenvalue weighted by molar-refractivity contribution is -0.134. The van der Waals surface area contributed by atoms with Crippen LogP contribution >= 0.6 is 11.6 Å². The number of aliphatic hydroxyl groups is 1. The molecule has 102 valence electrons. The normalized spacial score (nSPS) is 21.1. The number of nitrogens with one attached hydrogen (secondary N) is 2. The maximum Gasteiger partial charge on any atom is 0.243 e. The topological polar surface area (TPSA) is 78.4 Å². The monoisotopic (exact) mass is 282 g/mol. The smallest absolute Gasteiger partial charge is 0.243 e. The van der Waals surface area contributed by atoms with Crippen molar-refractivity contribution in [1.82, 2.24) is 10.6 Å². The van der Waals surface area contributed by atoms with Crippen molar-refractivity contribution >= 4 is 23.4 Å². The van der Waals surface area contributed by atoms with Crippen molar-refractivity contribution < 1.29 is 14.7 Å². The van der Waals surface area contributed by atoms with Gasteiger partial charge < -0.3 is 10.4 Å². The van der Waals surface area contributed by atoms with Crippen LogP contribution in [-0.4, -0.2) is 29.5 Å². The maximum absolute atomic E-state index is 11.5. The van der Waals surface area contributed by atoms with Crippen LogP contribution < -0.4 is 10.6 Å². The zero-order chi connectivity index (χ0) is 13.8. The second-order valence-corrected chi connectivity index (χ2v) is 4.92. The Kier molecular flexibility index (Phi) is 4.52. The number of rotatable bonds is 4. The Morgan fingerprint density at radius 2 is 2.05 bits per heavy atom. The number of hydrogen-bond donors (Lipinski definition) is 3. The van der Waals surface area contributed by atoms with Gasteiger partial charge in [-0.1, -0.05) is 23.7 Å². The van der Waals surface area contributed by atoms with Gasteiger partial charge in [-0.25, -0.2) is 0 Å². The first-order chi connectivity index (χ1) is 9.06. The highest BCUT2D eigenvalue weighted by Crippen LogP contribution is 2.16. The average Bonchev–Trinajstić information content (AvgIpc) is 2.38. The van der Waals surface area contributed by atoms with Crippen molar-refractivity contribution in [3.05, 3.63) is 34.9 Å². The molecular weight excluding hydrogens is 268 g/mol. The number of imide groups is 1. The molecule has 0 spiro atoms. The Balaban J connectivity index is 1.86. The fraction of sp³-hybridized carbons (Fsp3) is 0.385. The average molecular weight is 283 g/mol. The SMILES string of the molecule is O=C1CCC(NCC(O)c2ccc(Cl)cc2)C(=O)N1. The maximum atomic E-state index is 11.5. The van der Waals surface area contributed by atoms with Crippen molar-refractivity contribution in [2.24, 2.45) is 0 Å². The van der Waals surface area contributed by atoms with Crippen LogP contribution in [0.25, 0.3) is 0 Å². The molecule has 5 nitrogen and oxygen atoms in total. The molecule has 1 saturated heterocycles. The molecule has 1 aromatic rings. The largest absolute Gasteiger partial charge is 0.387 e. The van der Waals surface area contributed by atoms with Gasteiger partial charge in [0.15, 0.2) is 0 Å². The van der Waals surface area contributed by atoms with E-state index in [1.165, 1.54) is 0 Å². The summed E-state index contributed by atoms with van der Waals surface area (Å²) in [5, 5.41) is 15.8. The van der Waals surface area contributed by atoms with E-state index in [-0.39, 0.29) is 18.4 Å². The van der Waals surface area contributed by atoms with Crippen LogP contribution in [0.2, 0.25) is 5.02 Å². The number of amides is 2. The predicted molar refractivity (Wildman–Crippen MR) is 70.6 cm³/mol. The van der Waals surface area contributed by atoms with Gasteiger partial charge in [0.05, 0.1) is 12.1 Å². The van der Waals surface area contributed by atoms with Gasteiger partial charge in [0.25, 0.3) is 0 Å². The molecule has 19 heavy (non-hydrogen) atoms. The molecule has 0 aromatic heterocycles. The third kappa shape index (κ3) is 3.76. The van der Waals surface area contributed by atoms with Crippen LogP contribution in [0.4, 0.5) is 0 Å². The fourth-order valence-corrected chi connectivity index (χ4v) is 2.07. The first-order valence-corrected chi connectivity index (χ1v) is 6.44. The highest BCUT2D eigenvalue weighted by atomic mass is 35.5. The summed E-state index contributed by atoms with van der Waals surface area (Å²) in [5.74, 6) is -0.583. The number of benzene rings is 1. The molecule has 0 bridgehead atoms. The second kappa shape index (κ2) is 6.14. The lowest BCUT2D eigenvalue weighted by Gasteiger charge is -2.23. The number of hydrogen-bond acceptors (Lipinski definition) is 4. The van der Waals surface area contributed by atoms with E-state index in [2.05, 4.69) is 10.6 Å². The Hall–Kier alpha value is -1.43. The molecule has 1 fully saturated rings. The molecule has 2 atom stereocenters. The Labute approximate surface area is 116 Å². The third-order valence-electron chi connectivity index (χ3n) is 3.05. The third-order valence-corrected chi connectivity index (χ3v) is 3.30. The van der Waals surface area contributed by atoms with Gasteiger partial charge in [0.1, 0.15) is 0 Å². The van der Waals surface area contributed by atoms with Gasteiger partial charge in [-0.05, 0) is 24.1 Å². The van der Waals surface area contributed by atoms with Gasteiger partial charge >= 0.3 is 0 Å². The Morgan fingerprint density at radius 3 is 2.68 bits per heavy atom. The fourth-order valence-electron chi connectivity index (χ4n) is 1.94. The summed E-state index contributed by atoms with van der Waals surface area (Å²) in [5.41, 5.74) is 0.726. The summed E-state index contributed by atoms with van der Waals surface area (Å²) >= 11 is 5.77. The number of carbonyl (C=O) groups is 2. The molecule has 0 aliphatic carbocycles. The minimum absolute atomic E-state index is 0.244. The summed E-state index contributed by atoms with van der Waals surface area (Å²) < 4.78 is 0. The van der Waals surface area contributed by atoms with Crippen molar-refractivity contribution in [1.29, 1.82) is 0 Å². The molecule has 6 heteroatoms. The molecule has 3 N–H and O–H groups in total. The first-order valence-electron chi connectivity index (χ1n) is 6.07. The van der Waals surface area contributed by atoms with E-state index in [0.29, 0.717) is 17.9 Å². The number of aliphatic hydroxyl groups excluding tert-OH is 1. The number of carbonyl (C=O) groups excluding carboxylic acids is 2. The van der Waals surface area contributed by atoms with Gasteiger partial charge in [-0.2, -0.15) is 0 Å². The summed E-state index contributed by atoms with van der Waals surface area (Å²) in [6, 6.07) is 6.44. The summed E-state index contributed by atoms with van der Waals surface area (Å²) in [6.45, 7) is 0.244. The van der Waals surface area contributed by atoms with E-state index in [1.807, 2.05) is 0 Å². The van der Waals surface area contributed by atoms with Crippen LogP contribution in [0.1, 0.15) is 24.5 Å². The van der Waals surface area contributed by atoms with E-state index in [0.717, 1.165) is 5.56 Å². The second-order valence-electron chi connectivity index (χ2n) is 4.48. The summed E-state index contributed by atoms with van der Waals surface area (Å²) in [7, 11) is 0. The highest BCUT2D eigenvalue weighted by Gasteiger charge is 2.26. The molecule has 1 aliphatic rings. The molecule has 1 aromatic carbocycles. The molecule has 2 unspecified atom stereocenters. The van der Waals surface area contributed by atoms with E-state index in [4.69, 9.17) is 11.6 Å². The number of piperidine rings is 1. The van der Waals surface area contributed by atoms with Gasteiger partial charge in [0.2, 0.25) is 11.8 Å². The Morgan fingerprint density at radius 1 is 1.37 bits per heavy atom. The standard InChI is InChI=1S/C13H15ClN2O3/c14-9-3-1-8(2-4-9)11(17)7-15-10-5-6-12(18)16-13(10)19/h1-4,10-11,15,17H,5-7H2,(H,16,18,19). The summed E-state index contributed by atoms with van der Waals surface area (Å²) in [4.78, 5) is 22.5. The zero-order valence-electron chi connectivity index (χ0n) is 10.2. The lowest BCUT2D eigenvalue weighted by atomic mass is 10.0. The van der Waals surface area contributed by atoms with Crippen molar-refractivity contribution in [3.63, 3.8) is 0 Å². The minimum Gasteiger partial charge on any atom is -0.387 e. The molecular formula is C13H15ClN2O3. The quantitative estimate of drug-likeness (QED) is 0.713. The molecule has 2 rings (SSSR count). The molecule has 1 aliphatic heterocycles. The van der Waals surface area contributed by atoms with E-state index in [9.17, 15) is 14.7 Å². The van der Waals surface area contributed by atoms with Gasteiger partial charge in [0, 0.05) is 18.0 Å². The van der Waals surface area contributed by atoms with Crippen LogP contribution in [0, 0.1) is 0 Å². The van der Waals surface area contributed by atoms with Crippen molar-refractivity contribution in [2.45, 2.75) is 25.0 Å². The lowest BCUT2D eigenvalue weighted by Crippen LogP contribution is -2.51. The van der Waals surface area contributed by atoms with Crippen LogP contribution in [0.5, 0.6) is 0 Å². The predicted octanol–water partition coefficient (Wildman–Crippen LogP) is 0.768. The number of halogens is 1.